The van der Waals surface area contributed by atoms with Gasteiger partial charge >= 0.3 is 0 Å². The Kier molecular flexibility index (Phi) is 6.35. The number of benzene rings is 1. The predicted molar refractivity (Wildman–Crippen MR) is 118 cm³/mol. The summed E-state index contributed by atoms with van der Waals surface area (Å²) in [5.74, 6) is -0.747. The molecule has 1 aliphatic rings. The van der Waals surface area contributed by atoms with Crippen LogP contribution in [-0.2, 0) is 16.1 Å². The fourth-order valence-electron chi connectivity index (χ4n) is 3.70. The Hall–Kier alpha value is -3.87. The van der Waals surface area contributed by atoms with Crippen LogP contribution in [0.5, 0.6) is 5.75 Å². The third kappa shape index (κ3) is 4.27. The van der Waals surface area contributed by atoms with Gasteiger partial charge in [0.1, 0.15) is 23.3 Å². The first-order valence-electron chi connectivity index (χ1n) is 10.5. The SMILES string of the molecule is CCCCOc1cccc(/C(O)=C2\C(=O)C(=O)N(Cc3cccnc3)C2c2ccco2)c1. The van der Waals surface area contributed by atoms with Crippen LogP contribution in [0.1, 0.15) is 42.7 Å². The Balaban J connectivity index is 1.74. The highest BCUT2D eigenvalue weighted by molar-refractivity contribution is 6.46. The van der Waals surface area contributed by atoms with E-state index in [9.17, 15) is 14.7 Å². The summed E-state index contributed by atoms with van der Waals surface area (Å²) in [4.78, 5) is 31.4. The summed E-state index contributed by atoms with van der Waals surface area (Å²) in [6.45, 7) is 2.79. The number of ether oxygens (including phenoxy) is 1. The monoisotopic (exact) mass is 432 g/mol. The lowest BCUT2D eigenvalue weighted by molar-refractivity contribution is -0.140. The maximum atomic E-state index is 13.0. The van der Waals surface area contributed by atoms with Crippen LogP contribution in [-0.4, -0.2) is 33.3 Å². The molecule has 1 fully saturated rings. The molecule has 3 heterocycles. The largest absolute Gasteiger partial charge is 0.507 e. The lowest BCUT2D eigenvalue weighted by atomic mass is 9.99. The van der Waals surface area contributed by atoms with Gasteiger partial charge in [-0.25, -0.2) is 0 Å². The van der Waals surface area contributed by atoms with E-state index in [0.29, 0.717) is 23.7 Å². The van der Waals surface area contributed by atoms with Gasteiger partial charge in [-0.1, -0.05) is 31.5 Å². The molecular formula is C25H24N2O5. The van der Waals surface area contributed by atoms with Crippen LogP contribution in [0.4, 0.5) is 0 Å². The third-order valence-electron chi connectivity index (χ3n) is 5.30. The van der Waals surface area contributed by atoms with Gasteiger partial charge in [0.2, 0.25) is 0 Å². The molecule has 7 nitrogen and oxygen atoms in total. The molecule has 164 valence electrons. The van der Waals surface area contributed by atoms with E-state index < -0.39 is 17.7 Å². The zero-order valence-electron chi connectivity index (χ0n) is 17.7. The van der Waals surface area contributed by atoms with Crippen molar-refractivity contribution in [1.82, 2.24) is 9.88 Å². The zero-order chi connectivity index (χ0) is 22.5. The van der Waals surface area contributed by atoms with Gasteiger partial charge in [0.25, 0.3) is 11.7 Å². The molecule has 0 saturated carbocycles. The van der Waals surface area contributed by atoms with E-state index in [1.165, 1.54) is 11.2 Å². The van der Waals surface area contributed by atoms with E-state index in [1.54, 1.807) is 54.9 Å². The van der Waals surface area contributed by atoms with Crippen molar-refractivity contribution >= 4 is 17.4 Å². The minimum atomic E-state index is -0.852. The molecule has 0 aliphatic carbocycles. The standard InChI is InChI=1S/C25H24N2O5/c1-2-3-12-31-19-9-4-8-18(14-19)23(28)21-22(20-10-6-13-32-20)27(25(30)24(21)29)16-17-7-5-11-26-15-17/h4-11,13-15,22,28H,2-3,12,16H2,1H3/b23-21+. The molecule has 1 atom stereocenters. The quantitative estimate of drug-likeness (QED) is 0.244. The number of aromatic nitrogens is 1. The molecular weight excluding hydrogens is 408 g/mol. The molecule has 2 aromatic heterocycles. The number of unbranched alkanes of at least 4 members (excludes halogenated alkanes) is 1. The van der Waals surface area contributed by atoms with Crippen molar-refractivity contribution in [2.24, 2.45) is 0 Å². The Labute approximate surface area is 186 Å². The van der Waals surface area contributed by atoms with Crippen LogP contribution in [0.25, 0.3) is 5.76 Å². The number of nitrogens with zero attached hydrogens (tertiary/aromatic N) is 2. The van der Waals surface area contributed by atoms with Crippen molar-refractivity contribution in [3.8, 4) is 5.75 Å². The van der Waals surface area contributed by atoms with Gasteiger partial charge in [-0.2, -0.15) is 0 Å². The molecule has 4 rings (SSSR count). The van der Waals surface area contributed by atoms with E-state index in [0.717, 1.165) is 18.4 Å². The number of carbonyl (C=O) groups is 2. The number of ketones is 1. The molecule has 7 heteroatoms. The molecule has 3 aromatic rings. The van der Waals surface area contributed by atoms with Gasteiger partial charge in [0, 0.05) is 24.5 Å². The second-order valence-electron chi connectivity index (χ2n) is 7.53. The summed E-state index contributed by atoms with van der Waals surface area (Å²) in [5.41, 5.74) is 1.15. The minimum Gasteiger partial charge on any atom is -0.507 e. The smallest absolute Gasteiger partial charge is 0.296 e. The van der Waals surface area contributed by atoms with Crippen LogP contribution in [0, 0.1) is 0 Å². The van der Waals surface area contributed by atoms with Gasteiger partial charge in [0.05, 0.1) is 18.4 Å². The number of aliphatic hydroxyl groups is 1. The van der Waals surface area contributed by atoms with Crippen molar-refractivity contribution in [3.63, 3.8) is 0 Å². The Morgan fingerprint density at radius 3 is 2.78 bits per heavy atom. The van der Waals surface area contributed by atoms with Gasteiger partial charge in [-0.15, -0.1) is 0 Å². The predicted octanol–water partition coefficient (Wildman–Crippen LogP) is 4.48. The number of likely N-dealkylation sites (tertiary alicyclic amines) is 1. The van der Waals surface area contributed by atoms with E-state index >= 15 is 0 Å². The molecule has 32 heavy (non-hydrogen) atoms. The topological polar surface area (TPSA) is 92.9 Å². The maximum Gasteiger partial charge on any atom is 0.296 e. The number of rotatable bonds is 8. The number of furan rings is 1. The van der Waals surface area contributed by atoms with Gasteiger partial charge in [0.15, 0.2) is 0 Å². The van der Waals surface area contributed by atoms with Gasteiger partial charge in [-0.05, 0) is 42.3 Å². The fraction of sp³-hybridized carbons (Fsp3) is 0.240. The first-order chi connectivity index (χ1) is 15.6. The number of hydrogen-bond acceptors (Lipinski definition) is 6. The molecule has 1 N–H and O–H groups in total. The number of pyridine rings is 1. The van der Waals surface area contributed by atoms with E-state index in [1.807, 2.05) is 6.07 Å². The van der Waals surface area contributed by atoms with Gasteiger partial charge < -0.3 is 19.2 Å². The van der Waals surface area contributed by atoms with E-state index in [2.05, 4.69) is 11.9 Å². The Bertz CT molecular complexity index is 1120. The van der Waals surface area contributed by atoms with Crippen molar-refractivity contribution in [3.05, 3.63) is 89.6 Å². The molecule has 1 amide bonds. The average molecular weight is 432 g/mol. The summed E-state index contributed by atoms with van der Waals surface area (Å²) >= 11 is 0. The van der Waals surface area contributed by atoms with Crippen LogP contribution in [0.2, 0.25) is 0 Å². The number of hydrogen-bond donors (Lipinski definition) is 1. The number of amides is 1. The molecule has 1 unspecified atom stereocenters. The highest BCUT2D eigenvalue weighted by Crippen LogP contribution is 2.40. The second-order valence-corrected chi connectivity index (χ2v) is 7.53. The average Bonchev–Trinajstić information content (AvgIpc) is 3.43. The van der Waals surface area contributed by atoms with Crippen molar-refractivity contribution in [1.29, 1.82) is 0 Å². The zero-order valence-corrected chi connectivity index (χ0v) is 17.7. The molecule has 1 saturated heterocycles. The number of aliphatic hydroxyl groups excluding tert-OH is 1. The van der Waals surface area contributed by atoms with Crippen LogP contribution in [0.15, 0.2) is 77.2 Å². The molecule has 1 aliphatic heterocycles. The van der Waals surface area contributed by atoms with Crippen LogP contribution >= 0.6 is 0 Å². The first-order valence-corrected chi connectivity index (χ1v) is 10.5. The van der Waals surface area contributed by atoms with Crippen LogP contribution in [0.3, 0.4) is 0 Å². The van der Waals surface area contributed by atoms with Crippen molar-refractivity contribution in [2.45, 2.75) is 32.4 Å². The van der Waals surface area contributed by atoms with Crippen molar-refractivity contribution in [2.75, 3.05) is 6.61 Å². The molecule has 1 aromatic carbocycles. The van der Waals surface area contributed by atoms with Crippen LogP contribution < -0.4 is 4.74 Å². The summed E-state index contributed by atoms with van der Waals surface area (Å²) in [6.07, 6.45) is 6.66. The molecule has 0 radical (unpaired) electrons. The molecule has 0 bridgehead atoms. The first kappa shape index (κ1) is 21.4. The summed E-state index contributed by atoms with van der Waals surface area (Å²) < 4.78 is 11.3. The van der Waals surface area contributed by atoms with Gasteiger partial charge in [-0.3, -0.25) is 14.6 Å². The summed E-state index contributed by atoms with van der Waals surface area (Å²) in [5, 5.41) is 11.1. The molecule has 0 spiro atoms. The highest BCUT2D eigenvalue weighted by Gasteiger charge is 2.47. The maximum absolute atomic E-state index is 13.0. The normalized spacial score (nSPS) is 17.7. The van der Waals surface area contributed by atoms with E-state index in [4.69, 9.17) is 9.15 Å². The Morgan fingerprint density at radius 2 is 2.06 bits per heavy atom. The summed E-state index contributed by atoms with van der Waals surface area (Å²) in [6, 6.07) is 13.0. The van der Waals surface area contributed by atoms with E-state index in [-0.39, 0.29) is 17.9 Å². The van der Waals surface area contributed by atoms with Crippen molar-refractivity contribution < 1.29 is 23.8 Å². The third-order valence-corrected chi connectivity index (χ3v) is 5.30. The summed E-state index contributed by atoms with van der Waals surface area (Å²) in [7, 11) is 0. The lowest BCUT2D eigenvalue weighted by Crippen LogP contribution is -2.29. The number of carbonyl (C=O) groups excluding carboxylic acids is 2. The minimum absolute atomic E-state index is 0.0143. The lowest BCUT2D eigenvalue weighted by Gasteiger charge is -2.23. The number of Topliss-reactive ketones (excluding diaryl/α,β-unsaturated/α-hetero) is 1. The Morgan fingerprint density at radius 1 is 1.19 bits per heavy atom. The second kappa shape index (κ2) is 9.51. The highest BCUT2D eigenvalue weighted by atomic mass is 16.5. The fourth-order valence-corrected chi connectivity index (χ4v) is 3.70.